The Labute approximate surface area is 82.1 Å². The molecular weight excluding hydrogens is 158 g/mol. The summed E-state index contributed by atoms with van der Waals surface area (Å²) in [5.41, 5.74) is 0.379. The quantitative estimate of drug-likeness (QED) is 0.557. The molecule has 0 radical (unpaired) electrons. The van der Waals surface area contributed by atoms with Crippen LogP contribution in [0.1, 0.15) is 47.0 Å². The van der Waals surface area contributed by atoms with E-state index in [1.165, 1.54) is 6.42 Å². The highest BCUT2D eigenvalue weighted by Gasteiger charge is 2.33. The van der Waals surface area contributed by atoms with Gasteiger partial charge < -0.3 is 0 Å². The van der Waals surface area contributed by atoms with E-state index >= 15 is 0 Å². The van der Waals surface area contributed by atoms with Crippen molar-refractivity contribution in [1.29, 1.82) is 5.26 Å². The molecule has 1 fully saturated rings. The van der Waals surface area contributed by atoms with Crippen molar-refractivity contribution in [2.45, 2.75) is 47.0 Å². The van der Waals surface area contributed by atoms with Gasteiger partial charge in [0, 0.05) is 5.92 Å². The lowest BCUT2D eigenvalue weighted by Gasteiger charge is -2.38. The average Bonchev–Trinajstić information content (AvgIpc) is 2.01. The summed E-state index contributed by atoms with van der Waals surface area (Å²) in [6.45, 7) is 9.17. The molecule has 3 unspecified atom stereocenters. The summed E-state index contributed by atoms with van der Waals surface area (Å²) in [6.07, 6.45) is 3.54. The van der Waals surface area contributed by atoms with Crippen LogP contribution in [-0.4, -0.2) is 0 Å². The summed E-state index contributed by atoms with van der Waals surface area (Å²) in [5, 5.41) is 8.94. The fourth-order valence-corrected chi connectivity index (χ4v) is 2.42. The highest BCUT2D eigenvalue weighted by Crippen LogP contribution is 2.42. The van der Waals surface area contributed by atoms with Gasteiger partial charge in [0.1, 0.15) is 0 Å². The smallest absolute Gasteiger partial charge is 0.0655 e. The largest absolute Gasteiger partial charge is 0.198 e. The molecule has 1 heteroatoms. The van der Waals surface area contributed by atoms with E-state index in [0.29, 0.717) is 11.3 Å². The highest BCUT2D eigenvalue weighted by molar-refractivity contribution is 4.92. The van der Waals surface area contributed by atoms with Crippen LogP contribution in [0, 0.1) is 34.5 Å². The molecule has 1 saturated carbocycles. The first-order chi connectivity index (χ1) is 5.93. The van der Waals surface area contributed by atoms with Gasteiger partial charge in [-0.3, -0.25) is 0 Å². The minimum atomic E-state index is 0.313. The average molecular weight is 179 g/mol. The van der Waals surface area contributed by atoms with Crippen molar-refractivity contribution >= 4 is 0 Å². The standard InChI is InChI=1S/C12H21N/c1-9-5-10(8-13)7-11(6-9)12(2,3)4/h9-11H,5-7H2,1-4H3. The van der Waals surface area contributed by atoms with Crippen LogP contribution >= 0.6 is 0 Å². The van der Waals surface area contributed by atoms with Gasteiger partial charge in [0.25, 0.3) is 0 Å². The first-order valence-electron chi connectivity index (χ1n) is 5.33. The summed E-state index contributed by atoms with van der Waals surface area (Å²) in [6, 6.07) is 2.44. The van der Waals surface area contributed by atoms with Gasteiger partial charge in [0.05, 0.1) is 6.07 Å². The monoisotopic (exact) mass is 179 g/mol. The maximum Gasteiger partial charge on any atom is 0.0655 e. The van der Waals surface area contributed by atoms with Gasteiger partial charge in [-0.1, -0.05) is 27.7 Å². The third-order valence-corrected chi connectivity index (χ3v) is 3.35. The molecule has 1 aliphatic rings. The normalized spacial score (nSPS) is 35.5. The highest BCUT2D eigenvalue weighted by atomic mass is 14.4. The number of nitriles is 1. The van der Waals surface area contributed by atoms with Crippen LogP contribution in [0.4, 0.5) is 0 Å². The Hall–Kier alpha value is -0.510. The molecular formula is C12H21N. The minimum absolute atomic E-state index is 0.313. The Morgan fingerprint density at radius 1 is 1.15 bits per heavy atom. The molecule has 0 heterocycles. The summed E-state index contributed by atoms with van der Waals surface area (Å²) < 4.78 is 0. The molecule has 1 rings (SSSR count). The van der Waals surface area contributed by atoms with E-state index in [9.17, 15) is 0 Å². The van der Waals surface area contributed by atoms with E-state index in [1.807, 2.05) is 0 Å². The Bertz CT molecular complexity index is 206. The molecule has 1 nitrogen and oxygen atoms in total. The van der Waals surface area contributed by atoms with Gasteiger partial charge in [-0.25, -0.2) is 0 Å². The predicted molar refractivity (Wildman–Crippen MR) is 55.1 cm³/mol. The molecule has 74 valence electrons. The van der Waals surface area contributed by atoms with Crippen LogP contribution in [0.3, 0.4) is 0 Å². The molecule has 3 atom stereocenters. The second kappa shape index (κ2) is 3.70. The Morgan fingerprint density at radius 2 is 1.77 bits per heavy atom. The lowest BCUT2D eigenvalue weighted by molar-refractivity contribution is 0.126. The molecule has 1 aliphatic carbocycles. The van der Waals surface area contributed by atoms with Crippen molar-refractivity contribution in [3.8, 4) is 6.07 Å². The summed E-state index contributed by atoms with van der Waals surface area (Å²) in [4.78, 5) is 0. The number of hydrogen-bond donors (Lipinski definition) is 0. The van der Waals surface area contributed by atoms with E-state index in [2.05, 4.69) is 33.8 Å². The Kier molecular flexibility index (Phi) is 3.01. The van der Waals surface area contributed by atoms with Crippen LogP contribution in [0.5, 0.6) is 0 Å². The fourth-order valence-electron chi connectivity index (χ4n) is 2.42. The molecule has 0 aromatic heterocycles. The third-order valence-electron chi connectivity index (χ3n) is 3.35. The van der Waals surface area contributed by atoms with Gasteiger partial charge in [-0.05, 0) is 36.5 Å². The molecule has 0 aromatic carbocycles. The third kappa shape index (κ3) is 2.72. The number of nitrogens with zero attached hydrogens (tertiary/aromatic N) is 1. The van der Waals surface area contributed by atoms with Crippen LogP contribution < -0.4 is 0 Å². The van der Waals surface area contributed by atoms with Crippen molar-refractivity contribution in [3.05, 3.63) is 0 Å². The van der Waals surface area contributed by atoms with Crippen molar-refractivity contribution in [2.24, 2.45) is 23.2 Å². The predicted octanol–water partition coefficient (Wildman–Crippen LogP) is 3.61. The van der Waals surface area contributed by atoms with Crippen molar-refractivity contribution < 1.29 is 0 Å². The topological polar surface area (TPSA) is 23.8 Å². The second-order valence-corrected chi connectivity index (χ2v) is 5.70. The zero-order chi connectivity index (χ0) is 10.1. The van der Waals surface area contributed by atoms with Crippen molar-refractivity contribution in [1.82, 2.24) is 0 Å². The van der Waals surface area contributed by atoms with E-state index < -0.39 is 0 Å². The van der Waals surface area contributed by atoms with E-state index in [1.54, 1.807) is 0 Å². The molecule has 0 aliphatic heterocycles. The van der Waals surface area contributed by atoms with Crippen molar-refractivity contribution in [2.75, 3.05) is 0 Å². The molecule has 0 bridgehead atoms. The van der Waals surface area contributed by atoms with Crippen LogP contribution in [0.15, 0.2) is 0 Å². The zero-order valence-electron chi connectivity index (χ0n) is 9.30. The summed E-state index contributed by atoms with van der Waals surface area (Å²) >= 11 is 0. The Balaban J connectivity index is 2.64. The maximum atomic E-state index is 8.94. The summed E-state index contributed by atoms with van der Waals surface area (Å²) in [7, 11) is 0. The zero-order valence-corrected chi connectivity index (χ0v) is 9.30. The molecule has 0 amide bonds. The first-order valence-corrected chi connectivity index (χ1v) is 5.33. The van der Waals surface area contributed by atoms with E-state index in [-0.39, 0.29) is 0 Å². The van der Waals surface area contributed by atoms with Gasteiger partial charge >= 0.3 is 0 Å². The van der Waals surface area contributed by atoms with E-state index in [4.69, 9.17) is 5.26 Å². The van der Waals surface area contributed by atoms with Gasteiger partial charge in [0.2, 0.25) is 0 Å². The number of hydrogen-bond acceptors (Lipinski definition) is 1. The van der Waals surface area contributed by atoms with Crippen LogP contribution in [0.25, 0.3) is 0 Å². The van der Waals surface area contributed by atoms with Crippen LogP contribution in [-0.2, 0) is 0 Å². The molecule has 0 saturated heterocycles. The van der Waals surface area contributed by atoms with Gasteiger partial charge in [-0.2, -0.15) is 5.26 Å². The summed E-state index contributed by atoms with van der Waals surface area (Å²) in [5.74, 6) is 1.79. The Morgan fingerprint density at radius 3 is 2.23 bits per heavy atom. The lowest BCUT2D eigenvalue weighted by atomic mass is 9.66. The fraction of sp³-hybridized carbons (Fsp3) is 0.917. The molecule has 0 spiro atoms. The first kappa shape index (κ1) is 10.6. The SMILES string of the molecule is CC1CC(C#N)CC(C(C)(C)C)C1. The van der Waals surface area contributed by atoms with E-state index in [0.717, 1.165) is 24.7 Å². The molecule has 13 heavy (non-hydrogen) atoms. The van der Waals surface area contributed by atoms with Crippen LogP contribution in [0.2, 0.25) is 0 Å². The number of rotatable bonds is 0. The second-order valence-electron chi connectivity index (χ2n) is 5.70. The molecule has 0 aromatic rings. The maximum absolute atomic E-state index is 8.94. The lowest BCUT2D eigenvalue weighted by Crippen LogP contribution is -2.29. The van der Waals surface area contributed by atoms with Gasteiger partial charge in [0.15, 0.2) is 0 Å². The van der Waals surface area contributed by atoms with Gasteiger partial charge in [-0.15, -0.1) is 0 Å². The minimum Gasteiger partial charge on any atom is -0.198 e. The molecule has 0 N–H and O–H groups in total. The van der Waals surface area contributed by atoms with Crippen molar-refractivity contribution in [3.63, 3.8) is 0 Å².